The summed E-state index contributed by atoms with van der Waals surface area (Å²) in [4.78, 5) is 0. The third-order valence-corrected chi connectivity index (χ3v) is 0. The second-order valence-corrected chi connectivity index (χ2v) is 0. The molecule has 0 amide bonds. The molecule has 0 aliphatic carbocycles. The molecule has 0 heterocycles. The molecule has 4 heavy (non-hydrogen) atoms. The van der Waals surface area contributed by atoms with E-state index < -0.39 is 0 Å². The minimum atomic E-state index is 0. The third-order valence-electron chi connectivity index (χ3n) is 0. The quantitative estimate of drug-likeness (QED) is 0.446. The SMILES string of the molecule is [Ce].[Co].[Nd].[Sm]. The van der Waals surface area contributed by atoms with Gasteiger partial charge in [0.25, 0.3) is 0 Å². The Morgan fingerprint density at radius 3 is 1.00 bits per heavy atom. The summed E-state index contributed by atoms with van der Waals surface area (Å²) in [6, 6.07) is 0. The molecule has 23 valence electrons. The Hall–Kier alpha value is 4.57. The van der Waals surface area contributed by atoms with Crippen molar-refractivity contribution in [2.24, 2.45) is 0 Å². The Bertz CT molecular complexity index is 8.00. The minimum absolute atomic E-state index is 0. The molecule has 0 atom stereocenters. The standard InChI is InChI=1S/Ce.Co.Nd.Sm. The predicted molar refractivity (Wildman–Crippen MR) is 0 cm³/mol. The van der Waals surface area contributed by atoms with Crippen molar-refractivity contribution in [1.82, 2.24) is 0 Å². The van der Waals surface area contributed by atoms with E-state index in [1.54, 1.807) is 0 Å². The molecule has 0 aromatic carbocycles. The zero-order valence-electron chi connectivity index (χ0n) is 1.74. The van der Waals surface area contributed by atoms with E-state index >= 15 is 0 Å². The first kappa shape index (κ1) is 23.5. The van der Waals surface area contributed by atoms with Gasteiger partial charge >= 0.3 is 0 Å². The molecule has 4 heteroatoms. The van der Waals surface area contributed by atoms with Crippen molar-refractivity contribution >= 4 is 0 Å². The van der Waals surface area contributed by atoms with Gasteiger partial charge in [0.15, 0.2) is 0 Å². The van der Waals surface area contributed by atoms with Gasteiger partial charge < -0.3 is 0 Å². The summed E-state index contributed by atoms with van der Waals surface area (Å²) in [5.74, 6) is 0. The molecule has 0 fully saturated rings. The fourth-order valence-electron chi connectivity index (χ4n) is 0. The van der Waals surface area contributed by atoms with Crippen LogP contribution in [0.25, 0.3) is 0 Å². The van der Waals surface area contributed by atoms with Gasteiger partial charge in [-0.25, -0.2) is 0 Å². The van der Waals surface area contributed by atoms with E-state index in [0.29, 0.717) is 0 Å². The zero-order chi connectivity index (χ0) is 0. The molecule has 0 aliphatic heterocycles. The maximum absolute atomic E-state index is 0. The molecule has 0 aromatic rings. The van der Waals surface area contributed by atoms with Crippen molar-refractivity contribution in [1.29, 1.82) is 0 Å². The van der Waals surface area contributed by atoms with Crippen LogP contribution in [-0.4, -0.2) is 0 Å². The Kier molecular flexibility index (Phi) is 92.0. The van der Waals surface area contributed by atoms with Crippen LogP contribution in [0.15, 0.2) is 0 Å². The average molecular weight is 494 g/mol. The fraction of sp³-hybridized carbons (Fsp3) is 0. The molecule has 0 N–H and O–H groups in total. The Balaban J connectivity index is 0. The van der Waals surface area contributed by atoms with Crippen LogP contribution in [0.5, 0.6) is 0 Å². The van der Waals surface area contributed by atoms with Gasteiger partial charge in [0.2, 0.25) is 0 Å². The summed E-state index contributed by atoms with van der Waals surface area (Å²) >= 11 is 0. The van der Waals surface area contributed by atoms with Crippen molar-refractivity contribution in [3.8, 4) is 0 Å². The van der Waals surface area contributed by atoms with Gasteiger partial charge in [-0.15, -0.1) is 0 Å². The van der Waals surface area contributed by atoms with Gasteiger partial charge in [0.1, 0.15) is 0 Å². The monoisotopic (exact) mass is 493 g/mol. The topological polar surface area (TPSA) is 0 Å². The van der Waals surface area contributed by atoms with Crippen molar-refractivity contribution < 1.29 is 140 Å². The largest absolute Gasteiger partial charge is 0 e. The minimum Gasteiger partial charge on any atom is 0 e. The van der Waals surface area contributed by atoms with Crippen molar-refractivity contribution in [2.75, 3.05) is 0 Å². The molecule has 1 radical (unpaired) electrons. The number of hydrogen-bond acceptors (Lipinski definition) is 0. The zero-order valence-corrected chi connectivity index (χ0v) is 11.8. The predicted octanol–water partition coefficient (Wildman–Crippen LogP) is -0.00250. The molecular weight excluding hydrogens is 494 g/mol. The fourth-order valence-corrected chi connectivity index (χ4v) is 0. The third kappa shape index (κ3) is 9.76. The summed E-state index contributed by atoms with van der Waals surface area (Å²) < 4.78 is 0. The molecule has 0 saturated carbocycles. The summed E-state index contributed by atoms with van der Waals surface area (Å²) in [6.07, 6.45) is 0. The Morgan fingerprint density at radius 2 is 1.00 bits per heavy atom. The van der Waals surface area contributed by atoms with E-state index in [9.17, 15) is 0 Å². The first-order chi connectivity index (χ1) is 0. The van der Waals surface area contributed by atoms with Crippen molar-refractivity contribution in [3.63, 3.8) is 0 Å². The normalized spacial score (nSPS) is 0. The molecule has 0 unspecified atom stereocenters. The Morgan fingerprint density at radius 1 is 1.00 bits per heavy atom. The second-order valence-electron chi connectivity index (χ2n) is 0. The van der Waals surface area contributed by atoms with Crippen molar-refractivity contribution in [3.05, 3.63) is 0 Å². The molecule has 0 spiro atoms. The van der Waals surface area contributed by atoms with Gasteiger partial charge in [-0.1, -0.05) is 0 Å². The first-order valence-electron chi connectivity index (χ1n) is 0. The van der Waals surface area contributed by atoms with Crippen LogP contribution in [-0.2, 0) is 16.8 Å². The maximum Gasteiger partial charge on any atom is 0 e. The number of rotatable bonds is 0. The van der Waals surface area contributed by atoms with Crippen LogP contribution in [0.3, 0.4) is 0 Å². The van der Waals surface area contributed by atoms with Gasteiger partial charge in [-0.2, -0.15) is 0 Å². The van der Waals surface area contributed by atoms with E-state index in [-0.39, 0.29) is 140 Å². The smallest absolute Gasteiger partial charge is 0 e. The summed E-state index contributed by atoms with van der Waals surface area (Å²) in [5, 5.41) is 0. The van der Waals surface area contributed by atoms with Crippen LogP contribution in [0, 0.1) is 123 Å². The van der Waals surface area contributed by atoms with E-state index in [2.05, 4.69) is 0 Å². The molecule has 0 aliphatic rings. The van der Waals surface area contributed by atoms with Gasteiger partial charge in [0, 0.05) is 140 Å². The summed E-state index contributed by atoms with van der Waals surface area (Å²) in [5.41, 5.74) is 0. The van der Waals surface area contributed by atoms with Gasteiger partial charge in [-0.3, -0.25) is 0 Å². The van der Waals surface area contributed by atoms with Crippen LogP contribution in [0.2, 0.25) is 0 Å². The van der Waals surface area contributed by atoms with Crippen LogP contribution in [0.4, 0.5) is 0 Å². The molecular formula is CeCoNdSm. The van der Waals surface area contributed by atoms with E-state index in [0.717, 1.165) is 0 Å². The van der Waals surface area contributed by atoms with Crippen LogP contribution < -0.4 is 0 Å². The maximum atomic E-state index is 0. The molecule has 0 saturated heterocycles. The first-order valence-corrected chi connectivity index (χ1v) is 0. The second kappa shape index (κ2) is 15.6. The van der Waals surface area contributed by atoms with Crippen LogP contribution in [0.1, 0.15) is 0 Å². The molecule has 0 rings (SSSR count). The van der Waals surface area contributed by atoms with Crippen molar-refractivity contribution in [2.45, 2.75) is 0 Å². The average Bonchev–Trinajstić information content (AvgIpc) is 0. The molecule has 0 bridgehead atoms. The van der Waals surface area contributed by atoms with E-state index in [1.807, 2.05) is 0 Å². The van der Waals surface area contributed by atoms with Crippen LogP contribution >= 0.6 is 0 Å². The molecule has 0 aromatic heterocycles. The Labute approximate surface area is 135 Å². The molecule has 0 nitrogen and oxygen atoms in total. The van der Waals surface area contributed by atoms with Gasteiger partial charge in [0.05, 0.1) is 0 Å². The summed E-state index contributed by atoms with van der Waals surface area (Å²) in [7, 11) is 0. The van der Waals surface area contributed by atoms with E-state index in [4.69, 9.17) is 0 Å². The summed E-state index contributed by atoms with van der Waals surface area (Å²) in [6.45, 7) is 0. The number of hydrogen-bond donors (Lipinski definition) is 0. The van der Waals surface area contributed by atoms with Gasteiger partial charge in [-0.05, 0) is 0 Å². The van der Waals surface area contributed by atoms with E-state index in [1.165, 1.54) is 0 Å².